The Balaban J connectivity index is 2.43. The van der Waals surface area contributed by atoms with E-state index in [1.807, 2.05) is 25.1 Å². The average molecular weight is 272 g/mol. The smallest absolute Gasteiger partial charge is 0.311 e. The first-order chi connectivity index (χ1) is 9.65. The Morgan fingerprint density at radius 3 is 3.00 bits per heavy atom. The van der Waals surface area contributed by atoms with E-state index in [9.17, 15) is 4.79 Å². The number of nitrogens with zero attached hydrogens (tertiary/aromatic N) is 2. The van der Waals surface area contributed by atoms with E-state index in [0.29, 0.717) is 24.5 Å². The van der Waals surface area contributed by atoms with Crippen LogP contribution >= 0.6 is 0 Å². The number of carboxylic acids is 1. The van der Waals surface area contributed by atoms with E-state index in [1.165, 1.54) is 0 Å². The average Bonchev–Trinajstić information content (AvgIpc) is 2.73. The topological polar surface area (TPSA) is 64.4 Å². The first-order valence-electron chi connectivity index (χ1n) is 6.43. The number of terminal acetylenes is 1. The molecule has 0 bridgehead atoms. The van der Waals surface area contributed by atoms with Gasteiger partial charge in [0.1, 0.15) is 18.0 Å². The standard InChI is InChI=1S/C15H16N2O3/c1-3-7-17-13-6-5-11(20-8-4-2)9-12(13)16-14(17)10-15(18)19/h1,5-6,9H,4,7-8,10H2,2H3,(H,18,19). The van der Waals surface area contributed by atoms with E-state index in [1.54, 1.807) is 4.57 Å². The lowest BCUT2D eigenvalue weighted by Gasteiger charge is -2.05. The number of aromatic nitrogens is 2. The number of carbonyl (C=O) groups is 1. The van der Waals surface area contributed by atoms with E-state index in [4.69, 9.17) is 16.3 Å². The SMILES string of the molecule is C#CCn1c(CC(=O)O)nc2cc(OCCC)ccc21. The molecule has 2 rings (SSSR count). The molecule has 0 spiro atoms. The molecule has 5 heteroatoms. The monoisotopic (exact) mass is 272 g/mol. The number of aliphatic carboxylic acids is 1. The fourth-order valence-corrected chi connectivity index (χ4v) is 2.01. The van der Waals surface area contributed by atoms with Crippen molar-refractivity contribution in [3.8, 4) is 18.1 Å². The molecule has 0 fully saturated rings. The maximum absolute atomic E-state index is 10.9. The summed E-state index contributed by atoms with van der Waals surface area (Å²) in [5.74, 6) is 2.78. The van der Waals surface area contributed by atoms with Crippen molar-refractivity contribution in [3.63, 3.8) is 0 Å². The molecule has 0 amide bonds. The number of hydrogen-bond donors (Lipinski definition) is 1. The molecule has 1 N–H and O–H groups in total. The number of ether oxygens (including phenoxy) is 1. The molecule has 0 unspecified atom stereocenters. The maximum Gasteiger partial charge on any atom is 0.311 e. The van der Waals surface area contributed by atoms with Gasteiger partial charge >= 0.3 is 5.97 Å². The lowest BCUT2D eigenvalue weighted by Crippen LogP contribution is -2.08. The normalized spacial score (nSPS) is 10.4. The van der Waals surface area contributed by atoms with Gasteiger partial charge in [0.2, 0.25) is 0 Å². The van der Waals surface area contributed by atoms with Crippen LogP contribution in [0.15, 0.2) is 18.2 Å². The van der Waals surface area contributed by atoms with E-state index in [2.05, 4.69) is 10.9 Å². The summed E-state index contributed by atoms with van der Waals surface area (Å²) in [6.07, 6.45) is 6.11. The molecule has 20 heavy (non-hydrogen) atoms. The highest BCUT2D eigenvalue weighted by Crippen LogP contribution is 2.22. The molecule has 1 aromatic carbocycles. The first-order valence-corrected chi connectivity index (χ1v) is 6.43. The highest BCUT2D eigenvalue weighted by molar-refractivity contribution is 5.79. The summed E-state index contributed by atoms with van der Waals surface area (Å²) in [6, 6.07) is 5.51. The molecule has 1 heterocycles. The van der Waals surface area contributed by atoms with Gasteiger partial charge in [0, 0.05) is 6.07 Å². The van der Waals surface area contributed by atoms with Crippen LogP contribution in [0.2, 0.25) is 0 Å². The number of fused-ring (bicyclic) bond motifs is 1. The van der Waals surface area contributed by atoms with Crippen molar-refractivity contribution in [2.24, 2.45) is 0 Å². The third kappa shape index (κ3) is 2.91. The van der Waals surface area contributed by atoms with Gasteiger partial charge in [-0.3, -0.25) is 4.79 Å². The zero-order valence-corrected chi connectivity index (χ0v) is 11.3. The van der Waals surface area contributed by atoms with Crippen molar-refractivity contribution in [2.75, 3.05) is 6.61 Å². The van der Waals surface area contributed by atoms with Gasteiger partial charge in [-0.25, -0.2) is 4.98 Å². The van der Waals surface area contributed by atoms with Gasteiger partial charge in [0.15, 0.2) is 0 Å². The zero-order chi connectivity index (χ0) is 14.5. The van der Waals surface area contributed by atoms with Crippen LogP contribution in [0.5, 0.6) is 5.75 Å². The maximum atomic E-state index is 10.9. The molecular weight excluding hydrogens is 256 g/mol. The summed E-state index contributed by atoms with van der Waals surface area (Å²) in [6.45, 7) is 2.97. The van der Waals surface area contributed by atoms with Crippen LogP contribution in [0.25, 0.3) is 11.0 Å². The fraction of sp³-hybridized carbons (Fsp3) is 0.333. The minimum atomic E-state index is -0.930. The van der Waals surface area contributed by atoms with Gasteiger partial charge in [-0.05, 0) is 18.6 Å². The van der Waals surface area contributed by atoms with Crippen LogP contribution in [-0.4, -0.2) is 27.2 Å². The second-order valence-electron chi connectivity index (χ2n) is 4.39. The quantitative estimate of drug-likeness (QED) is 0.818. The molecule has 0 radical (unpaired) electrons. The second kappa shape index (κ2) is 6.11. The minimum Gasteiger partial charge on any atom is -0.494 e. The summed E-state index contributed by atoms with van der Waals surface area (Å²) in [5.41, 5.74) is 1.52. The van der Waals surface area contributed by atoms with Crippen LogP contribution in [0, 0.1) is 12.3 Å². The molecule has 5 nitrogen and oxygen atoms in total. The highest BCUT2D eigenvalue weighted by atomic mass is 16.5. The summed E-state index contributed by atoms with van der Waals surface area (Å²) in [4.78, 5) is 15.2. The molecular formula is C15H16N2O3. The predicted molar refractivity (Wildman–Crippen MR) is 75.7 cm³/mol. The van der Waals surface area contributed by atoms with Crippen molar-refractivity contribution in [1.29, 1.82) is 0 Å². The Morgan fingerprint density at radius 1 is 1.55 bits per heavy atom. The lowest BCUT2D eigenvalue weighted by atomic mass is 10.3. The zero-order valence-electron chi connectivity index (χ0n) is 11.3. The molecule has 1 aromatic heterocycles. The number of carboxylic acid groups (broad SMARTS) is 1. The number of imidazole rings is 1. The molecule has 0 saturated carbocycles. The van der Waals surface area contributed by atoms with Crippen LogP contribution < -0.4 is 4.74 Å². The van der Waals surface area contributed by atoms with Crippen LogP contribution in [0.4, 0.5) is 0 Å². The number of benzene rings is 1. The van der Waals surface area contributed by atoms with Crippen molar-refractivity contribution < 1.29 is 14.6 Å². The molecule has 2 aromatic rings. The van der Waals surface area contributed by atoms with Crippen LogP contribution in [0.3, 0.4) is 0 Å². The Labute approximate surface area is 117 Å². The van der Waals surface area contributed by atoms with Gasteiger partial charge in [-0.1, -0.05) is 12.8 Å². The largest absolute Gasteiger partial charge is 0.494 e. The molecule has 0 aliphatic heterocycles. The van der Waals surface area contributed by atoms with Crippen molar-refractivity contribution in [1.82, 2.24) is 9.55 Å². The summed E-state index contributed by atoms with van der Waals surface area (Å²) in [5, 5.41) is 8.93. The van der Waals surface area contributed by atoms with E-state index >= 15 is 0 Å². The third-order valence-electron chi connectivity index (χ3n) is 2.83. The Bertz CT molecular complexity index is 668. The summed E-state index contributed by atoms with van der Waals surface area (Å²) < 4.78 is 7.29. The highest BCUT2D eigenvalue weighted by Gasteiger charge is 2.13. The first kappa shape index (κ1) is 13.9. The third-order valence-corrected chi connectivity index (χ3v) is 2.83. The number of hydrogen-bond acceptors (Lipinski definition) is 3. The predicted octanol–water partition coefficient (Wildman–Crippen LogP) is 2.09. The van der Waals surface area contributed by atoms with E-state index in [-0.39, 0.29) is 6.42 Å². The Kier molecular flexibility index (Phi) is 4.26. The Hall–Kier alpha value is -2.48. The molecule has 104 valence electrons. The van der Waals surface area contributed by atoms with Crippen LogP contribution in [-0.2, 0) is 17.8 Å². The van der Waals surface area contributed by atoms with Gasteiger partial charge < -0.3 is 14.4 Å². The second-order valence-corrected chi connectivity index (χ2v) is 4.39. The van der Waals surface area contributed by atoms with Gasteiger partial charge in [0.05, 0.1) is 24.2 Å². The molecule has 0 atom stereocenters. The van der Waals surface area contributed by atoms with Crippen molar-refractivity contribution >= 4 is 17.0 Å². The van der Waals surface area contributed by atoms with Crippen molar-refractivity contribution in [3.05, 3.63) is 24.0 Å². The van der Waals surface area contributed by atoms with Gasteiger partial charge in [0.25, 0.3) is 0 Å². The lowest BCUT2D eigenvalue weighted by molar-refractivity contribution is -0.136. The minimum absolute atomic E-state index is 0.151. The fourth-order valence-electron chi connectivity index (χ4n) is 2.01. The summed E-state index contributed by atoms with van der Waals surface area (Å²) >= 11 is 0. The van der Waals surface area contributed by atoms with E-state index in [0.717, 1.165) is 17.7 Å². The number of rotatable bonds is 6. The van der Waals surface area contributed by atoms with Gasteiger partial charge in [-0.15, -0.1) is 6.42 Å². The van der Waals surface area contributed by atoms with E-state index < -0.39 is 5.97 Å². The van der Waals surface area contributed by atoms with Gasteiger partial charge in [-0.2, -0.15) is 0 Å². The summed E-state index contributed by atoms with van der Waals surface area (Å²) in [7, 11) is 0. The van der Waals surface area contributed by atoms with Crippen LogP contribution in [0.1, 0.15) is 19.2 Å². The Morgan fingerprint density at radius 2 is 2.35 bits per heavy atom. The van der Waals surface area contributed by atoms with Crippen molar-refractivity contribution in [2.45, 2.75) is 26.3 Å². The molecule has 0 aliphatic rings. The molecule has 0 aliphatic carbocycles. The molecule has 0 saturated heterocycles.